The molecule has 0 amide bonds. The summed E-state index contributed by atoms with van der Waals surface area (Å²) in [4.78, 5) is 25.1. The van der Waals surface area contributed by atoms with Gasteiger partial charge in [0.1, 0.15) is 18.0 Å². The number of fused-ring (bicyclic) bond motifs is 1. The van der Waals surface area contributed by atoms with Gasteiger partial charge < -0.3 is 9.47 Å². The number of halogens is 2. The molecular formula is C22H18ClFO4. The second-order valence-corrected chi connectivity index (χ2v) is 7.47. The molecule has 3 unspecified atom stereocenters. The van der Waals surface area contributed by atoms with E-state index in [1.54, 1.807) is 24.3 Å². The molecule has 144 valence electrons. The molecule has 0 radical (unpaired) electrons. The van der Waals surface area contributed by atoms with Gasteiger partial charge in [0.25, 0.3) is 0 Å². The molecule has 4 nitrogen and oxygen atoms in total. The maximum Gasteiger partial charge on any atom is 0.338 e. The number of esters is 1. The van der Waals surface area contributed by atoms with E-state index in [4.69, 9.17) is 21.1 Å². The number of rotatable bonds is 3. The van der Waals surface area contributed by atoms with E-state index in [-0.39, 0.29) is 23.9 Å². The van der Waals surface area contributed by atoms with Gasteiger partial charge in [0.05, 0.1) is 23.3 Å². The first-order chi connectivity index (χ1) is 13.5. The van der Waals surface area contributed by atoms with Gasteiger partial charge >= 0.3 is 5.97 Å². The van der Waals surface area contributed by atoms with Crippen LogP contribution in [0.2, 0.25) is 5.02 Å². The summed E-state index contributed by atoms with van der Waals surface area (Å²) in [5.41, 5.74) is 1.62. The number of allylic oxidation sites excluding steroid dienone is 1. The largest absolute Gasteiger partial charge is 0.496 e. The van der Waals surface area contributed by atoms with Gasteiger partial charge in [0.15, 0.2) is 5.78 Å². The Morgan fingerprint density at radius 1 is 1.07 bits per heavy atom. The Kier molecular flexibility index (Phi) is 5.18. The Balaban J connectivity index is 1.42. The Morgan fingerprint density at radius 3 is 2.50 bits per heavy atom. The van der Waals surface area contributed by atoms with Crippen LogP contribution in [-0.4, -0.2) is 24.0 Å². The highest BCUT2D eigenvalue weighted by Gasteiger charge is 2.41. The van der Waals surface area contributed by atoms with Crippen molar-refractivity contribution in [2.75, 3.05) is 0 Å². The van der Waals surface area contributed by atoms with Gasteiger partial charge in [-0.2, -0.15) is 0 Å². The first-order valence-corrected chi connectivity index (χ1v) is 9.51. The maximum atomic E-state index is 13.0. The highest BCUT2D eigenvalue weighted by Crippen LogP contribution is 2.37. The minimum Gasteiger partial charge on any atom is -0.496 e. The molecule has 0 aromatic heterocycles. The summed E-state index contributed by atoms with van der Waals surface area (Å²) < 4.78 is 24.4. The third kappa shape index (κ3) is 3.80. The maximum absolute atomic E-state index is 13.0. The number of Topliss-reactive ketones (excluding diaryl/α,β-unsaturated/α-hetero) is 1. The second-order valence-electron chi connectivity index (χ2n) is 7.03. The summed E-state index contributed by atoms with van der Waals surface area (Å²) >= 11 is 5.91. The van der Waals surface area contributed by atoms with Gasteiger partial charge in [0.2, 0.25) is 0 Å². The van der Waals surface area contributed by atoms with E-state index < -0.39 is 11.8 Å². The van der Waals surface area contributed by atoms with Crippen LogP contribution in [0.5, 0.6) is 0 Å². The van der Waals surface area contributed by atoms with Gasteiger partial charge in [-0.05, 0) is 54.8 Å². The van der Waals surface area contributed by atoms with Gasteiger partial charge in [-0.15, -0.1) is 0 Å². The fourth-order valence-corrected chi connectivity index (χ4v) is 3.83. The van der Waals surface area contributed by atoms with Crippen LogP contribution in [0, 0.1) is 11.7 Å². The van der Waals surface area contributed by atoms with E-state index in [0.717, 1.165) is 5.56 Å². The minimum atomic E-state index is -0.497. The Hall–Kier alpha value is -2.66. The molecule has 28 heavy (non-hydrogen) atoms. The molecule has 3 atom stereocenters. The predicted octanol–water partition coefficient (Wildman–Crippen LogP) is 4.81. The molecule has 2 aliphatic rings. The van der Waals surface area contributed by atoms with E-state index in [1.807, 2.05) is 0 Å². The number of carbonyl (C=O) groups is 2. The first-order valence-electron chi connectivity index (χ1n) is 9.13. The molecule has 4 rings (SSSR count). The molecule has 2 aromatic rings. The van der Waals surface area contributed by atoms with Gasteiger partial charge in [-0.25, -0.2) is 9.18 Å². The van der Waals surface area contributed by atoms with Crippen LogP contribution in [0.4, 0.5) is 4.39 Å². The fraction of sp³-hybridized carbons (Fsp3) is 0.273. The van der Waals surface area contributed by atoms with Crippen LogP contribution in [0.3, 0.4) is 0 Å². The summed E-state index contributed by atoms with van der Waals surface area (Å²) in [5.74, 6) is -1.12. The summed E-state index contributed by atoms with van der Waals surface area (Å²) in [6.45, 7) is 0. The van der Waals surface area contributed by atoms with Crippen LogP contribution in [-0.2, 0) is 14.3 Å². The molecule has 0 spiro atoms. The summed E-state index contributed by atoms with van der Waals surface area (Å²) in [5, 5.41) is 0.606. The number of carbonyl (C=O) groups excluding carboxylic acids is 2. The van der Waals surface area contributed by atoms with Crippen molar-refractivity contribution < 1.29 is 23.5 Å². The normalized spacial score (nSPS) is 24.0. The fourth-order valence-electron chi connectivity index (χ4n) is 3.71. The molecule has 0 saturated heterocycles. The average Bonchev–Trinajstić information content (AvgIpc) is 2.69. The first kappa shape index (κ1) is 18.7. The number of benzene rings is 2. The number of hydrogen-bond acceptors (Lipinski definition) is 4. The lowest BCUT2D eigenvalue weighted by atomic mass is 9.78. The Labute approximate surface area is 166 Å². The lowest BCUT2D eigenvalue weighted by Gasteiger charge is -2.37. The van der Waals surface area contributed by atoms with E-state index in [9.17, 15) is 14.0 Å². The van der Waals surface area contributed by atoms with Crippen LogP contribution in [0.15, 0.2) is 54.8 Å². The molecule has 6 heteroatoms. The number of ketones is 1. The summed E-state index contributed by atoms with van der Waals surface area (Å²) in [7, 11) is 0. The average molecular weight is 401 g/mol. The van der Waals surface area contributed by atoms with Crippen molar-refractivity contribution in [3.63, 3.8) is 0 Å². The molecule has 2 aromatic carbocycles. The SMILES string of the molecule is O=C(OC1CCC2C(=O)C(c3ccc(Cl)cc3)=COC2C1)c1ccc(F)cc1. The smallest absolute Gasteiger partial charge is 0.338 e. The molecule has 1 heterocycles. The van der Waals surface area contributed by atoms with E-state index >= 15 is 0 Å². The van der Waals surface area contributed by atoms with E-state index in [1.165, 1.54) is 30.5 Å². The third-order valence-electron chi connectivity index (χ3n) is 5.22. The van der Waals surface area contributed by atoms with E-state index in [0.29, 0.717) is 35.4 Å². The van der Waals surface area contributed by atoms with Crippen LogP contribution < -0.4 is 0 Å². The predicted molar refractivity (Wildman–Crippen MR) is 102 cm³/mol. The van der Waals surface area contributed by atoms with Crippen molar-refractivity contribution in [1.82, 2.24) is 0 Å². The molecule has 0 N–H and O–H groups in total. The molecule has 1 aliphatic heterocycles. The van der Waals surface area contributed by atoms with Crippen molar-refractivity contribution in [2.24, 2.45) is 5.92 Å². The standard InChI is InChI=1S/C22H18ClFO4/c23-15-5-1-13(2-6-15)19-12-27-20-11-17(9-10-18(20)21(19)25)28-22(26)14-3-7-16(24)8-4-14/h1-8,12,17-18,20H,9-11H2. The monoisotopic (exact) mass is 400 g/mol. The van der Waals surface area contributed by atoms with E-state index in [2.05, 4.69) is 0 Å². The lowest BCUT2D eigenvalue weighted by Crippen LogP contribution is -2.41. The zero-order chi connectivity index (χ0) is 19.7. The Bertz CT molecular complexity index is 921. The van der Waals surface area contributed by atoms with Crippen LogP contribution in [0.1, 0.15) is 35.2 Å². The minimum absolute atomic E-state index is 0.0434. The van der Waals surface area contributed by atoms with Crippen LogP contribution >= 0.6 is 11.6 Å². The van der Waals surface area contributed by atoms with Crippen molar-refractivity contribution in [3.05, 3.63) is 76.8 Å². The van der Waals surface area contributed by atoms with Crippen molar-refractivity contribution in [3.8, 4) is 0 Å². The van der Waals surface area contributed by atoms with Gasteiger partial charge in [-0.3, -0.25) is 4.79 Å². The number of hydrogen-bond donors (Lipinski definition) is 0. The highest BCUT2D eigenvalue weighted by atomic mass is 35.5. The molecule has 1 saturated carbocycles. The quantitative estimate of drug-likeness (QED) is 0.693. The topological polar surface area (TPSA) is 52.6 Å². The summed E-state index contributed by atoms with van der Waals surface area (Å²) in [6, 6.07) is 12.3. The van der Waals surface area contributed by atoms with Gasteiger partial charge in [-0.1, -0.05) is 23.7 Å². The highest BCUT2D eigenvalue weighted by molar-refractivity contribution is 6.30. The van der Waals surface area contributed by atoms with Crippen molar-refractivity contribution >= 4 is 28.9 Å². The zero-order valence-electron chi connectivity index (χ0n) is 14.9. The van der Waals surface area contributed by atoms with Crippen molar-refractivity contribution in [1.29, 1.82) is 0 Å². The third-order valence-corrected chi connectivity index (χ3v) is 5.47. The summed E-state index contributed by atoms with van der Waals surface area (Å²) in [6.07, 6.45) is 2.46. The lowest BCUT2D eigenvalue weighted by molar-refractivity contribution is -0.126. The van der Waals surface area contributed by atoms with Crippen LogP contribution in [0.25, 0.3) is 5.57 Å². The molecular weight excluding hydrogens is 383 g/mol. The van der Waals surface area contributed by atoms with Gasteiger partial charge in [0, 0.05) is 11.4 Å². The second kappa shape index (κ2) is 7.76. The molecule has 1 fully saturated rings. The van der Waals surface area contributed by atoms with Crippen molar-refractivity contribution in [2.45, 2.75) is 31.5 Å². The number of ether oxygens (including phenoxy) is 2. The molecule has 0 bridgehead atoms. The molecule has 1 aliphatic carbocycles. The zero-order valence-corrected chi connectivity index (χ0v) is 15.7. The Morgan fingerprint density at radius 2 is 1.79 bits per heavy atom.